The van der Waals surface area contributed by atoms with Crippen molar-refractivity contribution in [2.75, 3.05) is 45.1 Å². The van der Waals surface area contributed by atoms with Crippen LogP contribution in [0.25, 0.3) is 0 Å². The molecule has 0 radical (unpaired) electrons. The quantitative estimate of drug-likeness (QED) is 0.578. The van der Waals surface area contributed by atoms with Crippen molar-refractivity contribution in [2.24, 2.45) is 13.0 Å². The third-order valence-electron chi connectivity index (χ3n) is 6.47. The molecule has 0 unspecified atom stereocenters. The minimum atomic E-state index is -4.31. The highest BCUT2D eigenvalue weighted by atomic mass is 32.2. The number of sulfonamides is 1. The summed E-state index contributed by atoms with van der Waals surface area (Å²) in [5, 5.41) is -0.182. The number of aromatic nitrogens is 2. The maximum Gasteiger partial charge on any atom is 0.390 e. The number of alkyl halides is 3. The van der Waals surface area contributed by atoms with Crippen molar-refractivity contribution in [1.29, 1.82) is 0 Å². The van der Waals surface area contributed by atoms with Gasteiger partial charge in [-0.05, 0) is 25.0 Å². The summed E-state index contributed by atoms with van der Waals surface area (Å²) in [5.41, 5.74) is 0.326. The molecule has 0 spiro atoms. The van der Waals surface area contributed by atoms with Gasteiger partial charge in [0.2, 0.25) is 0 Å². The topological polar surface area (TPSA) is 106 Å². The molecule has 1 N–H and O–H groups in total. The highest BCUT2D eigenvalue weighted by molar-refractivity contribution is 7.92. The molecule has 0 fully saturated rings. The molecule has 0 aliphatic carbocycles. The number of benzene rings is 1. The normalized spacial score (nSPS) is 22.3. The summed E-state index contributed by atoms with van der Waals surface area (Å²) in [4.78, 5) is 20.3. The lowest BCUT2D eigenvalue weighted by atomic mass is 10.0. The first-order valence-electron chi connectivity index (χ1n) is 12.1. The van der Waals surface area contributed by atoms with E-state index in [0.29, 0.717) is 6.54 Å². The van der Waals surface area contributed by atoms with Crippen LogP contribution in [-0.2, 0) is 21.8 Å². The third-order valence-corrected chi connectivity index (χ3v) is 7.73. The molecule has 0 saturated heterocycles. The molecular weight excluding hydrogens is 527 g/mol. The Balaban J connectivity index is 1.94. The van der Waals surface area contributed by atoms with E-state index in [1.54, 1.807) is 25.9 Å². The Kier molecular flexibility index (Phi) is 9.31. The number of nitrogens with one attached hydrogen (secondary N) is 1. The summed E-state index contributed by atoms with van der Waals surface area (Å²) in [7, 11) is 0.733. The Bertz CT molecular complexity index is 1220. The first-order valence-corrected chi connectivity index (χ1v) is 13.5. The summed E-state index contributed by atoms with van der Waals surface area (Å²) in [6, 6.07) is 3.84. The fourth-order valence-corrected chi connectivity index (χ4v) is 5.26. The van der Waals surface area contributed by atoms with Crippen molar-refractivity contribution in [2.45, 2.75) is 43.6 Å². The van der Waals surface area contributed by atoms with Crippen molar-refractivity contribution in [1.82, 2.24) is 19.4 Å². The van der Waals surface area contributed by atoms with E-state index in [1.165, 1.54) is 47.3 Å². The number of halogens is 3. The molecule has 1 aromatic heterocycles. The van der Waals surface area contributed by atoms with Crippen LogP contribution in [0.2, 0.25) is 0 Å². The number of hydrogen-bond acceptors (Lipinski definition) is 7. The van der Waals surface area contributed by atoms with Gasteiger partial charge in [0.25, 0.3) is 15.9 Å². The molecule has 0 bridgehead atoms. The van der Waals surface area contributed by atoms with Gasteiger partial charge in [-0.1, -0.05) is 6.92 Å². The van der Waals surface area contributed by atoms with E-state index in [2.05, 4.69) is 9.71 Å². The Morgan fingerprint density at radius 1 is 1.21 bits per heavy atom. The molecule has 0 saturated carbocycles. The van der Waals surface area contributed by atoms with Crippen LogP contribution in [0.15, 0.2) is 35.7 Å². The summed E-state index contributed by atoms with van der Waals surface area (Å²) in [6.45, 7) is 3.88. The van der Waals surface area contributed by atoms with Crippen LogP contribution in [0.1, 0.15) is 30.6 Å². The Labute approximate surface area is 220 Å². The van der Waals surface area contributed by atoms with Crippen molar-refractivity contribution >= 4 is 21.6 Å². The molecule has 1 amide bonds. The minimum absolute atomic E-state index is 0.0251. The summed E-state index contributed by atoms with van der Waals surface area (Å²) < 4.78 is 80.0. The van der Waals surface area contributed by atoms with Gasteiger partial charge in [0, 0.05) is 59.1 Å². The van der Waals surface area contributed by atoms with Gasteiger partial charge in [-0.15, -0.1) is 0 Å². The standard InChI is InChI=1S/C24H34F3N5O5S/c1-16-11-32(9-8-24(25,26)27)17(2)14-37-20-10-18(29-38(34,35)22-13-30(3)15-28-22)6-7-19(20)23(33)31(4)12-21(16)36-5/h6-7,10,13,15-17,21,29H,8-9,11-12,14H2,1-5H3/t16-,17-,21+/m1/s1. The minimum Gasteiger partial charge on any atom is -0.491 e. The second kappa shape index (κ2) is 11.9. The van der Waals surface area contributed by atoms with Gasteiger partial charge in [0.15, 0.2) is 5.03 Å². The third kappa shape index (κ3) is 7.60. The number of aryl methyl sites for hydroxylation is 1. The number of carbonyl (C=O) groups excluding carboxylic acids is 1. The molecule has 212 valence electrons. The van der Waals surface area contributed by atoms with Crippen LogP contribution in [0.4, 0.5) is 18.9 Å². The molecule has 3 rings (SSSR count). The molecule has 2 aromatic rings. The SMILES string of the molecule is CO[C@H]1CN(C)C(=O)c2ccc(NS(=O)(=O)c3cn(C)cn3)cc2OC[C@@H](C)N(CCC(F)(F)F)C[C@H]1C. The molecule has 1 aliphatic heterocycles. The Morgan fingerprint density at radius 2 is 1.92 bits per heavy atom. The number of nitrogens with zero attached hydrogens (tertiary/aromatic N) is 4. The number of amides is 1. The van der Waals surface area contributed by atoms with Crippen LogP contribution in [0.5, 0.6) is 5.75 Å². The fourth-order valence-electron chi connectivity index (χ4n) is 4.23. The van der Waals surface area contributed by atoms with Crippen LogP contribution in [0, 0.1) is 5.92 Å². The van der Waals surface area contributed by atoms with Gasteiger partial charge in [-0.25, -0.2) is 4.98 Å². The average Bonchev–Trinajstić information content (AvgIpc) is 3.29. The van der Waals surface area contributed by atoms with Gasteiger partial charge in [-0.3, -0.25) is 14.4 Å². The van der Waals surface area contributed by atoms with Crippen LogP contribution >= 0.6 is 0 Å². The Morgan fingerprint density at radius 3 is 2.53 bits per heavy atom. The lowest BCUT2D eigenvalue weighted by Gasteiger charge is -2.36. The number of anilines is 1. The molecule has 14 heteroatoms. The zero-order chi connectivity index (χ0) is 28.3. The van der Waals surface area contributed by atoms with E-state index in [4.69, 9.17) is 9.47 Å². The van der Waals surface area contributed by atoms with E-state index >= 15 is 0 Å². The number of likely N-dealkylation sites (N-methyl/N-ethyl adjacent to an activating group) is 1. The van der Waals surface area contributed by atoms with Crippen molar-refractivity contribution in [3.63, 3.8) is 0 Å². The number of carbonyl (C=O) groups is 1. The summed E-state index contributed by atoms with van der Waals surface area (Å²) >= 11 is 0. The summed E-state index contributed by atoms with van der Waals surface area (Å²) in [6.07, 6.45) is -3.01. The number of rotatable bonds is 6. The van der Waals surface area contributed by atoms with E-state index in [9.17, 15) is 26.4 Å². The monoisotopic (exact) mass is 561 g/mol. The number of ether oxygens (including phenoxy) is 2. The predicted octanol–water partition coefficient (Wildman–Crippen LogP) is 2.98. The van der Waals surface area contributed by atoms with Gasteiger partial charge in [0.05, 0.1) is 30.1 Å². The smallest absolute Gasteiger partial charge is 0.390 e. The number of methoxy groups -OCH3 is 1. The Hall–Kier alpha value is -2.84. The number of imidazole rings is 1. The lowest BCUT2D eigenvalue weighted by molar-refractivity contribution is -0.140. The predicted molar refractivity (Wildman–Crippen MR) is 135 cm³/mol. The molecule has 1 aliphatic rings. The maximum absolute atomic E-state index is 13.3. The highest BCUT2D eigenvalue weighted by Crippen LogP contribution is 2.28. The second-order valence-corrected chi connectivity index (χ2v) is 11.3. The molecular formula is C24H34F3N5O5S. The highest BCUT2D eigenvalue weighted by Gasteiger charge is 2.32. The van der Waals surface area contributed by atoms with E-state index < -0.39 is 34.8 Å². The van der Waals surface area contributed by atoms with Crippen LogP contribution in [0.3, 0.4) is 0 Å². The van der Waals surface area contributed by atoms with Crippen LogP contribution < -0.4 is 9.46 Å². The van der Waals surface area contributed by atoms with Crippen molar-refractivity contribution in [3.8, 4) is 5.75 Å². The summed E-state index contributed by atoms with van der Waals surface area (Å²) in [5.74, 6) is -0.433. The van der Waals surface area contributed by atoms with E-state index in [0.717, 1.165) is 0 Å². The van der Waals surface area contributed by atoms with E-state index in [-0.39, 0.29) is 53.5 Å². The van der Waals surface area contributed by atoms with Gasteiger partial charge in [-0.2, -0.15) is 21.6 Å². The lowest BCUT2D eigenvalue weighted by Crippen LogP contribution is -2.47. The molecule has 2 heterocycles. The van der Waals surface area contributed by atoms with Gasteiger partial charge in [0.1, 0.15) is 12.4 Å². The fraction of sp³-hybridized carbons (Fsp3) is 0.583. The molecule has 10 nitrogen and oxygen atoms in total. The zero-order valence-corrected chi connectivity index (χ0v) is 22.8. The molecule has 38 heavy (non-hydrogen) atoms. The number of fused-ring (bicyclic) bond motifs is 1. The molecule has 1 aromatic carbocycles. The first-order chi connectivity index (χ1) is 17.7. The second-order valence-electron chi connectivity index (χ2n) is 9.65. The van der Waals surface area contributed by atoms with Crippen molar-refractivity contribution < 1.29 is 35.9 Å². The zero-order valence-electron chi connectivity index (χ0n) is 22.0. The maximum atomic E-state index is 13.3. The number of hydrogen-bond donors (Lipinski definition) is 1. The largest absolute Gasteiger partial charge is 0.491 e. The van der Waals surface area contributed by atoms with Gasteiger partial charge >= 0.3 is 6.18 Å². The van der Waals surface area contributed by atoms with E-state index in [1.807, 2.05) is 6.92 Å². The van der Waals surface area contributed by atoms with Crippen molar-refractivity contribution in [3.05, 3.63) is 36.3 Å². The average molecular weight is 562 g/mol. The van der Waals surface area contributed by atoms with Crippen LogP contribution in [-0.4, -0.2) is 92.4 Å². The van der Waals surface area contributed by atoms with Gasteiger partial charge < -0.3 is 18.9 Å². The molecule has 3 atom stereocenters. The first kappa shape index (κ1) is 29.7.